The SMILES string of the molecule is O=S1(=O)C=C[C@H](Nc2ccccc2Cl)C1. The third kappa shape index (κ3) is 2.52. The van der Waals surface area contributed by atoms with E-state index >= 15 is 0 Å². The van der Waals surface area contributed by atoms with Gasteiger partial charge in [0.25, 0.3) is 0 Å². The van der Waals surface area contributed by atoms with Gasteiger partial charge in [0.15, 0.2) is 9.84 Å². The summed E-state index contributed by atoms with van der Waals surface area (Å²) < 4.78 is 22.3. The Morgan fingerprint density at radius 3 is 2.67 bits per heavy atom. The van der Waals surface area contributed by atoms with Crippen molar-refractivity contribution in [1.29, 1.82) is 0 Å². The maximum Gasteiger partial charge on any atom is 0.173 e. The first-order valence-electron chi connectivity index (χ1n) is 4.49. The number of hydrogen-bond acceptors (Lipinski definition) is 3. The smallest absolute Gasteiger partial charge is 0.173 e. The summed E-state index contributed by atoms with van der Waals surface area (Å²) in [6, 6.07) is 7.07. The Kier molecular flexibility index (Phi) is 2.71. The van der Waals surface area contributed by atoms with E-state index in [2.05, 4.69) is 5.32 Å². The molecule has 0 unspecified atom stereocenters. The van der Waals surface area contributed by atoms with E-state index in [1.165, 1.54) is 5.41 Å². The molecule has 0 radical (unpaired) electrons. The van der Waals surface area contributed by atoms with E-state index in [0.29, 0.717) is 5.02 Å². The minimum atomic E-state index is -3.01. The highest BCUT2D eigenvalue weighted by Crippen LogP contribution is 2.23. The summed E-state index contributed by atoms with van der Waals surface area (Å²) in [5.41, 5.74) is 0.755. The normalized spacial score (nSPS) is 22.9. The molecule has 1 atom stereocenters. The van der Waals surface area contributed by atoms with Gasteiger partial charge in [0.05, 0.1) is 22.5 Å². The molecule has 0 aliphatic carbocycles. The highest BCUT2D eigenvalue weighted by Gasteiger charge is 2.21. The summed E-state index contributed by atoms with van der Waals surface area (Å²) >= 11 is 5.94. The number of halogens is 1. The predicted octanol–water partition coefficient (Wildman–Crippen LogP) is 2.06. The van der Waals surface area contributed by atoms with E-state index in [4.69, 9.17) is 11.6 Å². The summed E-state index contributed by atoms with van der Waals surface area (Å²) in [5, 5.41) is 4.90. The van der Waals surface area contributed by atoms with E-state index in [0.717, 1.165) is 5.69 Å². The standard InChI is InChI=1S/C10H10ClNO2S/c11-9-3-1-2-4-10(9)12-8-5-6-15(13,14)7-8/h1-6,8,12H,7H2/t8-/m0/s1. The molecule has 0 bridgehead atoms. The van der Waals surface area contributed by atoms with Gasteiger partial charge >= 0.3 is 0 Å². The molecule has 0 saturated heterocycles. The summed E-state index contributed by atoms with van der Waals surface area (Å²) in [6.45, 7) is 0. The van der Waals surface area contributed by atoms with Crippen LogP contribution in [0.1, 0.15) is 0 Å². The van der Waals surface area contributed by atoms with Gasteiger partial charge in [-0.1, -0.05) is 29.8 Å². The molecule has 5 heteroatoms. The molecule has 2 rings (SSSR count). The third-order valence-corrected chi connectivity index (χ3v) is 3.87. The van der Waals surface area contributed by atoms with Crippen molar-refractivity contribution in [3.8, 4) is 0 Å². The second-order valence-electron chi connectivity index (χ2n) is 3.39. The minimum absolute atomic E-state index is 0.0955. The van der Waals surface area contributed by atoms with E-state index in [1.807, 2.05) is 18.2 Å². The molecule has 0 aromatic heterocycles. The summed E-state index contributed by atoms with van der Waals surface area (Å²) in [6.07, 6.45) is 1.64. The summed E-state index contributed by atoms with van der Waals surface area (Å²) in [4.78, 5) is 0. The number of sulfone groups is 1. The Balaban J connectivity index is 2.12. The third-order valence-electron chi connectivity index (χ3n) is 2.14. The van der Waals surface area contributed by atoms with E-state index in [1.54, 1.807) is 12.1 Å². The molecule has 1 aliphatic rings. The van der Waals surface area contributed by atoms with Gasteiger partial charge in [-0.15, -0.1) is 0 Å². The quantitative estimate of drug-likeness (QED) is 0.865. The molecular formula is C10H10ClNO2S. The summed E-state index contributed by atoms with van der Waals surface area (Å²) in [5.74, 6) is 0.0955. The van der Waals surface area contributed by atoms with E-state index < -0.39 is 9.84 Å². The lowest BCUT2D eigenvalue weighted by atomic mass is 10.2. The van der Waals surface area contributed by atoms with Gasteiger partial charge in [-0.2, -0.15) is 0 Å². The van der Waals surface area contributed by atoms with Crippen LogP contribution in [0.4, 0.5) is 5.69 Å². The average Bonchev–Trinajstić information content (AvgIpc) is 2.50. The van der Waals surface area contributed by atoms with Gasteiger partial charge in [0.1, 0.15) is 0 Å². The molecule has 1 aromatic carbocycles. The number of benzene rings is 1. The lowest BCUT2D eigenvalue weighted by Gasteiger charge is -2.12. The van der Waals surface area contributed by atoms with Crippen LogP contribution in [0.15, 0.2) is 35.7 Å². The largest absolute Gasteiger partial charge is 0.377 e. The molecule has 1 heterocycles. The minimum Gasteiger partial charge on any atom is -0.377 e. The molecule has 1 N–H and O–H groups in total. The molecule has 3 nitrogen and oxygen atoms in total. The van der Waals surface area contributed by atoms with Crippen LogP contribution in [0, 0.1) is 0 Å². The van der Waals surface area contributed by atoms with E-state index in [-0.39, 0.29) is 11.8 Å². The number of nitrogens with one attached hydrogen (secondary N) is 1. The molecule has 1 aliphatic heterocycles. The van der Waals surface area contributed by atoms with Crippen molar-refractivity contribution in [3.05, 3.63) is 40.8 Å². The average molecular weight is 244 g/mol. The maximum absolute atomic E-state index is 11.2. The van der Waals surface area contributed by atoms with Crippen LogP contribution in [0.3, 0.4) is 0 Å². The van der Waals surface area contributed by atoms with Crippen molar-refractivity contribution in [3.63, 3.8) is 0 Å². The van der Waals surface area contributed by atoms with Crippen molar-refractivity contribution < 1.29 is 8.42 Å². The number of para-hydroxylation sites is 1. The first-order chi connectivity index (χ1) is 7.07. The molecule has 0 saturated carbocycles. The van der Waals surface area contributed by atoms with E-state index in [9.17, 15) is 8.42 Å². The van der Waals surface area contributed by atoms with Crippen molar-refractivity contribution in [2.45, 2.75) is 6.04 Å². The zero-order chi connectivity index (χ0) is 10.9. The summed E-state index contributed by atoms with van der Waals surface area (Å²) in [7, 11) is -3.01. The van der Waals surface area contributed by atoms with Crippen LogP contribution in [-0.2, 0) is 9.84 Å². The van der Waals surface area contributed by atoms with Gasteiger partial charge in [0.2, 0.25) is 0 Å². The molecule has 80 valence electrons. The van der Waals surface area contributed by atoms with Crippen molar-refractivity contribution in [1.82, 2.24) is 0 Å². The molecule has 0 amide bonds. The monoisotopic (exact) mass is 243 g/mol. The Morgan fingerprint density at radius 2 is 2.07 bits per heavy atom. The number of hydrogen-bond donors (Lipinski definition) is 1. The van der Waals surface area contributed by atoms with Gasteiger partial charge < -0.3 is 5.32 Å². The fraction of sp³-hybridized carbons (Fsp3) is 0.200. The van der Waals surface area contributed by atoms with Gasteiger partial charge in [0, 0.05) is 5.41 Å². The van der Waals surface area contributed by atoms with Crippen molar-refractivity contribution >= 4 is 27.1 Å². The molecule has 0 fully saturated rings. The Morgan fingerprint density at radius 1 is 1.33 bits per heavy atom. The zero-order valence-corrected chi connectivity index (χ0v) is 9.42. The van der Waals surface area contributed by atoms with Crippen LogP contribution in [0.2, 0.25) is 5.02 Å². The first-order valence-corrected chi connectivity index (χ1v) is 6.58. The van der Waals surface area contributed by atoms with Gasteiger partial charge in [-0.05, 0) is 12.1 Å². The Bertz CT molecular complexity index is 496. The second-order valence-corrected chi connectivity index (χ2v) is 5.73. The fourth-order valence-electron chi connectivity index (χ4n) is 1.44. The van der Waals surface area contributed by atoms with Gasteiger partial charge in [-0.3, -0.25) is 0 Å². The number of rotatable bonds is 2. The predicted molar refractivity (Wildman–Crippen MR) is 61.8 cm³/mol. The molecular weight excluding hydrogens is 234 g/mol. The van der Waals surface area contributed by atoms with Crippen LogP contribution >= 0.6 is 11.6 Å². The topological polar surface area (TPSA) is 46.2 Å². The Labute approximate surface area is 93.7 Å². The zero-order valence-electron chi connectivity index (χ0n) is 7.85. The lowest BCUT2D eigenvalue weighted by molar-refractivity contribution is 0.605. The second kappa shape index (κ2) is 3.87. The van der Waals surface area contributed by atoms with Crippen molar-refractivity contribution in [2.75, 3.05) is 11.1 Å². The highest BCUT2D eigenvalue weighted by atomic mass is 35.5. The first kappa shape index (κ1) is 10.5. The molecule has 0 spiro atoms. The number of anilines is 1. The lowest BCUT2D eigenvalue weighted by Crippen LogP contribution is -2.20. The van der Waals surface area contributed by atoms with Crippen LogP contribution in [0.5, 0.6) is 0 Å². The molecule has 1 aromatic rings. The maximum atomic E-state index is 11.2. The fourth-order valence-corrected chi connectivity index (χ4v) is 2.87. The van der Waals surface area contributed by atoms with Crippen LogP contribution in [-0.4, -0.2) is 20.2 Å². The Hall–Kier alpha value is -1.00. The van der Waals surface area contributed by atoms with Crippen LogP contribution < -0.4 is 5.32 Å². The van der Waals surface area contributed by atoms with Crippen LogP contribution in [0.25, 0.3) is 0 Å². The van der Waals surface area contributed by atoms with Gasteiger partial charge in [-0.25, -0.2) is 8.42 Å². The highest BCUT2D eigenvalue weighted by molar-refractivity contribution is 7.94. The molecule has 15 heavy (non-hydrogen) atoms. The van der Waals surface area contributed by atoms with Crippen molar-refractivity contribution in [2.24, 2.45) is 0 Å².